The van der Waals surface area contributed by atoms with E-state index in [0.717, 1.165) is 0 Å². The largest absolute Gasteiger partial charge is 0.490 e. The van der Waals surface area contributed by atoms with Gasteiger partial charge < -0.3 is 20.6 Å². The van der Waals surface area contributed by atoms with Crippen molar-refractivity contribution in [1.29, 1.82) is 0 Å². The Hall–Kier alpha value is -2.11. The smallest absolute Gasteiger partial charge is 0.475 e. The van der Waals surface area contributed by atoms with Gasteiger partial charge in [0.1, 0.15) is 5.56 Å². The van der Waals surface area contributed by atoms with Crippen molar-refractivity contribution in [3.05, 3.63) is 43.7 Å². The predicted octanol–water partition coefficient (Wildman–Crippen LogP) is 2.53. The molecule has 0 saturated heterocycles. The van der Waals surface area contributed by atoms with Gasteiger partial charge in [-0.3, -0.25) is 4.79 Å². The molecule has 26 heavy (non-hydrogen) atoms. The summed E-state index contributed by atoms with van der Waals surface area (Å²) in [4.78, 5) is 32.4. The zero-order valence-electron chi connectivity index (χ0n) is 12.7. The van der Waals surface area contributed by atoms with E-state index in [0.29, 0.717) is 27.0 Å². The predicted molar refractivity (Wildman–Crippen MR) is 90.3 cm³/mol. The second kappa shape index (κ2) is 9.01. The van der Waals surface area contributed by atoms with Gasteiger partial charge in [-0.2, -0.15) is 13.2 Å². The van der Waals surface area contributed by atoms with Crippen LogP contribution in [0, 0.1) is 0 Å². The second-order valence-corrected chi connectivity index (χ2v) is 5.89. The van der Waals surface area contributed by atoms with Crippen molar-refractivity contribution in [1.82, 2.24) is 5.32 Å². The number of fused-ring (bicyclic) bond motifs is 1. The van der Waals surface area contributed by atoms with E-state index in [9.17, 15) is 22.8 Å². The van der Waals surface area contributed by atoms with Crippen molar-refractivity contribution in [3.63, 3.8) is 0 Å². The van der Waals surface area contributed by atoms with Crippen LogP contribution in [-0.2, 0) is 4.79 Å². The number of carbonyl (C=O) groups is 2. The standard InChI is InChI=1S/C12H10BrClN2O3.C2HF3O2/c13-9-5-7(14)3-6-4-8(11(17)16-2-1-15)12(18)19-10(6)9;3-2(4,5)1(6)7/h3-5H,1-2,15H2,(H,16,17);(H,6,7). The fraction of sp³-hybridized carbons (Fsp3) is 0.214. The highest BCUT2D eigenvalue weighted by molar-refractivity contribution is 9.10. The summed E-state index contributed by atoms with van der Waals surface area (Å²) in [5.41, 5.74) is 4.86. The number of nitrogens with two attached hydrogens (primary N) is 1. The Bertz CT molecular complexity index is 885. The molecule has 7 nitrogen and oxygen atoms in total. The molecule has 0 saturated carbocycles. The Morgan fingerprint density at radius 3 is 2.38 bits per heavy atom. The first-order valence-electron chi connectivity index (χ1n) is 6.68. The lowest BCUT2D eigenvalue weighted by molar-refractivity contribution is -0.192. The minimum Gasteiger partial charge on any atom is -0.475 e. The Kier molecular flexibility index (Phi) is 7.60. The summed E-state index contributed by atoms with van der Waals surface area (Å²) < 4.78 is 37.4. The van der Waals surface area contributed by atoms with Gasteiger partial charge in [0.2, 0.25) is 0 Å². The van der Waals surface area contributed by atoms with Crippen LogP contribution in [0.5, 0.6) is 0 Å². The van der Waals surface area contributed by atoms with E-state index in [1.165, 1.54) is 6.07 Å². The molecule has 0 bridgehead atoms. The highest BCUT2D eigenvalue weighted by atomic mass is 79.9. The van der Waals surface area contributed by atoms with Crippen LogP contribution in [0.2, 0.25) is 5.02 Å². The number of aliphatic carboxylic acids is 1. The van der Waals surface area contributed by atoms with Gasteiger partial charge in [0, 0.05) is 23.5 Å². The molecule has 1 aromatic carbocycles. The van der Waals surface area contributed by atoms with Crippen LogP contribution in [0.1, 0.15) is 10.4 Å². The Morgan fingerprint density at radius 1 is 1.31 bits per heavy atom. The van der Waals surface area contributed by atoms with Gasteiger partial charge in [0.05, 0.1) is 4.47 Å². The van der Waals surface area contributed by atoms with Gasteiger partial charge in [-0.1, -0.05) is 11.6 Å². The van der Waals surface area contributed by atoms with Crippen LogP contribution in [0.3, 0.4) is 0 Å². The molecule has 2 rings (SSSR count). The molecular weight excluding hydrogens is 449 g/mol. The number of carbonyl (C=O) groups excluding carboxylic acids is 1. The van der Waals surface area contributed by atoms with E-state index in [1.807, 2.05) is 0 Å². The summed E-state index contributed by atoms with van der Waals surface area (Å²) >= 11 is 9.16. The van der Waals surface area contributed by atoms with Gasteiger partial charge in [-0.05, 0) is 34.1 Å². The average Bonchev–Trinajstić information content (AvgIpc) is 2.52. The lowest BCUT2D eigenvalue weighted by Gasteiger charge is -2.05. The molecule has 1 aromatic heterocycles. The first-order valence-corrected chi connectivity index (χ1v) is 7.85. The van der Waals surface area contributed by atoms with E-state index >= 15 is 0 Å². The summed E-state index contributed by atoms with van der Waals surface area (Å²) in [6.07, 6.45) is -5.08. The fourth-order valence-corrected chi connectivity index (χ4v) is 2.51. The van der Waals surface area contributed by atoms with Crippen LogP contribution in [0.15, 0.2) is 31.9 Å². The van der Waals surface area contributed by atoms with Gasteiger partial charge in [0.15, 0.2) is 5.58 Å². The number of halogens is 5. The Balaban J connectivity index is 0.000000412. The molecule has 0 aliphatic heterocycles. The lowest BCUT2D eigenvalue weighted by Crippen LogP contribution is -2.32. The molecular formula is C14H11BrClF3N2O5. The topological polar surface area (TPSA) is 123 Å². The third-order valence-electron chi connectivity index (χ3n) is 2.67. The number of hydrogen-bond acceptors (Lipinski definition) is 5. The Labute approximate surface area is 157 Å². The van der Waals surface area contributed by atoms with Gasteiger partial charge in [0.25, 0.3) is 5.91 Å². The van der Waals surface area contributed by atoms with Crippen molar-refractivity contribution in [2.75, 3.05) is 13.1 Å². The van der Waals surface area contributed by atoms with Crippen LogP contribution in [-0.4, -0.2) is 36.2 Å². The number of carboxylic acids is 1. The fourth-order valence-electron chi connectivity index (χ4n) is 1.60. The molecule has 0 unspecified atom stereocenters. The SMILES string of the molecule is NCCNC(=O)c1cc2cc(Cl)cc(Br)c2oc1=O.O=C(O)C(F)(F)F. The average molecular weight is 460 g/mol. The third kappa shape index (κ3) is 6.00. The van der Waals surface area contributed by atoms with Crippen molar-refractivity contribution in [3.8, 4) is 0 Å². The van der Waals surface area contributed by atoms with E-state index in [1.54, 1.807) is 12.1 Å². The normalized spacial score (nSPS) is 10.8. The molecule has 0 atom stereocenters. The third-order valence-corrected chi connectivity index (χ3v) is 3.48. The van der Waals surface area contributed by atoms with Crippen LogP contribution in [0.25, 0.3) is 11.0 Å². The van der Waals surface area contributed by atoms with Crippen molar-refractivity contribution in [2.45, 2.75) is 6.18 Å². The molecule has 12 heteroatoms. The quantitative estimate of drug-likeness (QED) is 0.606. The molecule has 4 N–H and O–H groups in total. The first-order chi connectivity index (χ1) is 12.0. The van der Waals surface area contributed by atoms with E-state index in [4.69, 9.17) is 31.7 Å². The highest BCUT2D eigenvalue weighted by Crippen LogP contribution is 2.27. The van der Waals surface area contributed by atoms with Gasteiger partial charge in [-0.15, -0.1) is 0 Å². The van der Waals surface area contributed by atoms with E-state index < -0.39 is 23.7 Å². The summed E-state index contributed by atoms with van der Waals surface area (Å²) in [5, 5.41) is 10.7. The number of benzene rings is 1. The number of carboxylic acid groups (broad SMARTS) is 1. The monoisotopic (exact) mass is 458 g/mol. The molecule has 0 spiro atoms. The maximum absolute atomic E-state index is 11.8. The number of hydrogen-bond donors (Lipinski definition) is 3. The van der Waals surface area contributed by atoms with Gasteiger partial charge >= 0.3 is 17.8 Å². The molecule has 0 aliphatic rings. The zero-order chi connectivity index (χ0) is 20.1. The maximum Gasteiger partial charge on any atom is 0.490 e. The highest BCUT2D eigenvalue weighted by Gasteiger charge is 2.38. The molecule has 142 valence electrons. The van der Waals surface area contributed by atoms with Crippen LogP contribution < -0.4 is 16.7 Å². The summed E-state index contributed by atoms with van der Waals surface area (Å²) in [7, 11) is 0. The molecule has 0 radical (unpaired) electrons. The lowest BCUT2D eigenvalue weighted by atomic mass is 10.2. The second-order valence-electron chi connectivity index (χ2n) is 4.60. The van der Waals surface area contributed by atoms with Crippen LogP contribution >= 0.6 is 27.5 Å². The zero-order valence-corrected chi connectivity index (χ0v) is 15.0. The number of alkyl halides is 3. The van der Waals surface area contributed by atoms with Crippen LogP contribution in [0.4, 0.5) is 13.2 Å². The summed E-state index contributed by atoms with van der Waals surface area (Å²) in [5.74, 6) is -3.27. The minimum atomic E-state index is -5.08. The maximum atomic E-state index is 11.8. The molecule has 0 fully saturated rings. The Morgan fingerprint density at radius 2 is 1.88 bits per heavy atom. The summed E-state index contributed by atoms with van der Waals surface area (Å²) in [6, 6.07) is 4.68. The van der Waals surface area contributed by atoms with Gasteiger partial charge in [-0.25, -0.2) is 9.59 Å². The van der Waals surface area contributed by atoms with E-state index in [-0.39, 0.29) is 12.1 Å². The summed E-state index contributed by atoms with van der Waals surface area (Å²) in [6.45, 7) is 0.581. The molecule has 1 amide bonds. The molecule has 0 aliphatic carbocycles. The van der Waals surface area contributed by atoms with E-state index in [2.05, 4.69) is 21.2 Å². The number of rotatable bonds is 3. The van der Waals surface area contributed by atoms with Crippen molar-refractivity contribution < 1.29 is 32.3 Å². The molecule has 2 aromatic rings. The minimum absolute atomic E-state index is 0.0740. The van der Waals surface area contributed by atoms with Crippen molar-refractivity contribution >= 4 is 50.4 Å². The number of nitrogens with one attached hydrogen (secondary N) is 1. The molecule has 1 heterocycles. The number of amides is 1. The first kappa shape index (κ1) is 21.9. The van der Waals surface area contributed by atoms with Crippen molar-refractivity contribution in [2.24, 2.45) is 5.73 Å².